The van der Waals surface area contributed by atoms with Crippen LogP contribution in [-0.2, 0) is 0 Å². The van der Waals surface area contributed by atoms with Crippen molar-refractivity contribution in [1.82, 2.24) is 0 Å². The Labute approximate surface area is 138 Å². The Hall–Kier alpha value is -0.990. The van der Waals surface area contributed by atoms with E-state index in [0.717, 1.165) is 21.9 Å². The highest BCUT2D eigenvalue weighted by Gasteiger charge is 2.34. The van der Waals surface area contributed by atoms with Crippen molar-refractivity contribution < 1.29 is 0 Å². The third-order valence-corrected chi connectivity index (χ3v) is 6.24. The van der Waals surface area contributed by atoms with Gasteiger partial charge in [0, 0.05) is 16.8 Å². The molecule has 3 nitrogen and oxygen atoms in total. The molecule has 1 aromatic rings. The third-order valence-electron chi connectivity index (χ3n) is 4.33. The zero-order valence-electron chi connectivity index (χ0n) is 11.9. The van der Waals surface area contributed by atoms with E-state index in [1.807, 2.05) is 30.0 Å². The molecule has 5 heteroatoms. The van der Waals surface area contributed by atoms with E-state index >= 15 is 0 Å². The maximum atomic E-state index is 8.90. The summed E-state index contributed by atoms with van der Waals surface area (Å²) in [5.41, 5.74) is 2.09. The number of aliphatic imine (C=N–C) groups is 1. The molecular formula is C16H18BrN3S. The van der Waals surface area contributed by atoms with Crippen LogP contribution in [0.15, 0.2) is 27.7 Å². The van der Waals surface area contributed by atoms with Crippen molar-refractivity contribution in [1.29, 1.82) is 5.26 Å². The molecule has 0 amide bonds. The minimum Gasteiger partial charge on any atom is -0.334 e. The van der Waals surface area contributed by atoms with Crippen LogP contribution in [0.3, 0.4) is 0 Å². The summed E-state index contributed by atoms with van der Waals surface area (Å²) in [7, 11) is 0. The molecule has 0 atom stereocenters. The van der Waals surface area contributed by atoms with Crippen molar-refractivity contribution in [2.45, 2.75) is 32.1 Å². The molecule has 1 fully saturated rings. The Morgan fingerprint density at radius 3 is 2.71 bits per heavy atom. The highest BCUT2D eigenvalue weighted by Crippen LogP contribution is 2.42. The van der Waals surface area contributed by atoms with E-state index in [0.29, 0.717) is 11.0 Å². The molecule has 1 spiro atoms. The lowest BCUT2D eigenvalue weighted by Crippen LogP contribution is -2.35. The maximum absolute atomic E-state index is 8.90. The first-order valence-electron chi connectivity index (χ1n) is 7.35. The van der Waals surface area contributed by atoms with Crippen molar-refractivity contribution >= 4 is 38.5 Å². The average Bonchev–Trinajstić information content (AvgIpc) is 2.52. The molecule has 110 valence electrons. The van der Waals surface area contributed by atoms with Gasteiger partial charge in [-0.1, -0.05) is 31.0 Å². The van der Waals surface area contributed by atoms with Gasteiger partial charge >= 0.3 is 0 Å². The SMILES string of the molecule is N#Cc1ccc(NC2=NCC3(CCCCC3)CS2)c(Br)c1. The molecule has 1 N–H and O–H groups in total. The van der Waals surface area contributed by atoms with E-state index in [9.17, 15) is 0 Å². The minimum atomic E-state index is 0.454. The van der Waals surface area contributed by atoms with Crippen molar-refractivity contribution in [3.63, 3.8) is 0 Å². The van der Waals surface area contributed by atoms with Crippen LogP contribution in [0.4, 0.5) is 5.69 Å². The Morgan fingerprint density at radius 2 is 2.10 bits per heavy atom. The number of nitriles is 1. The van der Waals surface area contributed by atoms with Crippen LogP contribution in [0.2, 0.25) is 0 Å². The van der Waals surface area contributed by atoms with Crippen LogP contribution in [-0.4, -0.2) is 17.5 Å². The zero-order chi connectivity index (χ0) is 14.7. The summed E-state index contributed by atoms with van der Waals surface area (Å²) in [6.07, 6.45) is 6.77. The fraction of sp³-hybridized carbons (Fsp3) is 0.500. The van der Waals surface area contributed by atoms with Gasteiger partial charge in [0.05, 0.1) is 17.3 Å². The molecule has 1 saturated carbocycles. The van der Waals surface area contributed by atoms with Crippen LogP contribution in [0.25, 0.3) is 0 Å². The molecule has 2 aliphatic rings. The van der Waals surface area contributed by atoms with Gasteiger partial charge in [-0.3, -0.25) is 4.99 Å². The topological polar surface area (TPSA) is 48.2 Å². The van der Waals surface area contributed by atoms with Crippen LogP contribution < -0.4 is 5.32 Å². The number of benzene rings is 1. The number of hydrogen-bond acceptors (Lipinski definition) is 4. The van der Waals surface area contributed by atoms with E-state index in [4.69, 9.17) is 10.3 Å². The molecule has 3 rings (SSSR count). The smallest absolute Gasteiger partial charge is 0.161 e. The van der Waals surface area contributed by atoms with Crippen LogP contribution in [0.1, 0.15) is 37.7 Å². The second kappa shape index (κ2) is 6.41. The number of nitrogens with one attached hydrogen (secondary N) is 1. The number of amidine groups is 1. The Kier molecular flexibility index (Phi) is 4.56. The number of hydrogen-bond donors (Lipinski definition) is 1. The van der Waals surface area contributed by atoms with Gasteiger partial charge in [-0.15, -0.1) is 0 Å². The first kappa shape index (κ1) is 14.9. The molecule has 0 bridgehead atoms. The van der Waals surface area contributed by atoms with Crippen LogP contribution in [0, 0.1) is 16.7 Å². The summed E-state index contributed by atoms with van der Waals surface area (Å²) in [5.74, 6) is 1.17. The molecule has 0 aromatic heterocycles. The van der Waals surface area contributed by atoms with Gasteiger partial charge in [0.2, 0.25) is 0 Å². The number of nitrogens with zero attached hydrogens (tertiary/aromatic N) is 2. The summed E-state index contributed by atoms with van der Waals surface area (Å²) < 4.78 is 0.905. The van der Waals surface area contributed by atoms with E-state index in [1.165, 1.54) is 37.9 Å². The largest absolute Gasteiger partial charge is 0.334 e. The van der Waals surface area contributed by atoms with Crippen molar-refractivity contribution in [2.75, 3.05) is 17.6 Å². The first-order valence-corrected chi connectivity index (χ1v) is 9.13. The highest BCUT2D eigenvalue weighted by molar-refractivity contribution is 9.10. The van der Waals surface area contributed by atoms with E-state index in [1.54, 1.807) is 0 Å². The van der Waals surface area contributed by atoms with Crippen LogP contribution >= 0.6 is 27.7 Å². The number of thioether (sulfide) groups is 1. The molecule has 1 aliphatic heterocycles. The molecule has 1 aliphatic carbocycles. The van der Waals surface area contributed by atoms with Gasteiger partial charge in [-0.25, -0.2) is 0 Å². The number of anilines is 1. The van der Waals surface area contributed by atoms with E-state index in [2.05, 4.69) is 27.3 Å². The fourth-order valence-corrected chi connectivity index (χ4v) is 4.67. The first-order chi connectivity index (χ1) is 10.2. The molecule has 0 saturated heterocycles. The van der Waals surface area contributed by atoms with E-state index in [-0.39, 0.29) is 0 Å². The second-order valence-electron chi connectivity index (χ2n) is 5.90. The van der Waals surface area contributed by atoms with Gasteiger partial charge in [-0.05, 0) is 52.4 Å². The number of halogens is 1. The fourth-order valence-electron chi connectivity index (χ4n) is 3.03. The third kappa shape index (κ3) is 3.44. The second-order valence-corrected chi connectivity index (χ2v) is 7.72. The molecule has 1 heterocycles. The standard InChI is InChI=1S/C16H18BrN3S/c17-13-8-12(9-18)4-5-14(13)20-15-19-10-16(11-21-15)6-2-1-3-7-16/h4-5,8H,1-3,6-7,10-11H2,(H,19,20). The Bertz CT molecular complexity index is 600. The van der Waals surface area contributed by atoms with Gasteiger partial charge in [0.25, 0.3) is 0 Å². The normalized spacial score (nSPS) is 20.7. The summed E-state index contributed by atoms with van der Waals surface area (Å²) >= 11 is 5.34. The van der Waals surface area contributed by atoms with Crippen molar-refractivity contribution in [3.8, 4) is 6.07 Å². The summed E-state index contributed by atoms with van der Waals surface area (Å²) in [5, 5.41) is 13.3. The van der Waals surface area contributed by atoms with Gasteiger partial charge in [-0.2, -0.15) is 5.26 Å². The summed E-state index contributed by atoms with van der Waals surface area (Å²) in [6.45, 7) is 0.955. The summed E-state index contributed by atoms with van der Waals surface area (Å²) in [6, 6.07) is 7.73. The Morgan fingerprint density at radius 1 is 1.29 bits per heavy atom. The quantitative estimate of drug-likeness (QED) is 0.780. The molecule has 0 radical (unpaired) electrons. The lowest BCUT2D eigenvalue weighted by atomic mass is 9.75. The molecular weight excluding hydrogens is 346 g/mol. The van der Waals surface area contributed by atoms with Crippen molar-refractivity contribution in [2.24, 2.45) is 10.4 Å². The molecule has 21 heavy (non-hydrogen) atoms. The lowest BCUT2D eigenvalue weighted by Gasteiger charge is -2.38. The minimum absolute atomic E-state index is 0.454. The average molecular weight is 364 g/mol. The summed E-state index contributed by atoms with van der Waals surface area (Å²) in [4.78, 5) is 4.77. The maximum Gasteiger partial charge on any atom is 0.161 e. The predicted octanol–water partition coefficient (Wildman–Crippen LogP) is 4.79. The Balaban J connectivity index is 1.68. The monoisotopic (exact) mass is 363 g/mol. The lowest BCUT2D eigenvalue weighted by molar-refractivity contribution is 0.232. The number of rotatable bonds is 1. The van der Waals surface area contributed by atoms with E-state index < -0.39 is 0 Å². The molecule has 1 aromatic carbocycles. The highest BCUT2D eigenvalue weighted by atomic mass is 79.9. The molecule has 0 unspecified atom stereocenters. The van der Waals surface area contributed by atoms with Crippen LogP contribution in [0.5, 0.6) is 0 Å². The van der Waals surface area contributed by atoms with Gasteiger partial charge < -0.3 is 5.32 Å². The predicted molar refractivity (Wildman–Crippen MR) is 92.8 cm³/mol. The van der Waals surface area contributed by atoms with Crippen molar-refractivity contribution in [3.05, 3.63) is 28.2 Å². The van der Waals surface area contributed by atoms with Gasteiger partial charge in [0.1, 0.15) is 0 Å². The van der Waals surface area contributed by atoms with Gasteiger partial charge in [0.15, 0.2) is 5.17 Å². The zero-order valence-corrected chi connectivity index (χ0v) is 14.3.